The second kappa shape index (κ2) is 3.04. The fraction of sp³-hybridized carbons (Fsp3) is 0.571. The van der Waals surface area contributed by atoms with Crippen LogP contribution < -0.4 is 5.73 Å². The van der Waals surface area contributed by atoms with Crippen molar-refractivity contribution in [1.82, 2.24) is 14.1 Å². The van der Waals surface area contributed by atoms with E-state index in [-0.39, 0.29) is 10.9 Å². The standard InChI is InChI=1S/C7H12N4O2S/c1-10-5-7(2-9-10)14(12,13)11-3-6(8)4-11/h2,5-6H,3-4,8H2,1H3. The molecular formula is C7H12N4O2S. The Morgan fingerprint density at radius 1 is 1.57 bits per heavy atom. The van der Waals surface area contributed by atoms with Crippen LogP contribution >= 0.6 is 0 Å². The minimum Gasteiger partial charge on any atom is -0.325 e. The van der Waals surface area contributed by atoms with E-state index >= 15 is 0 Å². The Morgan fingerprint density at radius 2 is 2.21 bits per heavy atom. The quantitative estimate of drug-likeness (QED) is 0.670. The second-order valence-electron chi connectivity index (χ2n) is 3.43. The predicted molar refractivity (Wildman–Crippen MR) is 49.9 cm³/mol. The average molecular weight is 216 g/mol. The largest absolute Gasteiger partial charge is 0.325 e. The summed E-state index contributed by atoms with van der Waals surface area (Å²) >= 11 is 0. The maximum absolute atomic E-state index is 11.8. The molecule has 0 radical (unpaired) electrons. The summed E-state index contributed by atoms with van der Waals surface area (Å²) in [7, 11) is -1.66. The molecule has 1 aliphatic rings. The highest BCUT2D eigenvalue weighted by Gasteiger charge is 2.35. The smallest absolute Gasteiger partial charge is 0.246 e. The molecule has 6 nitrogen and oxygen atoms in total. The minimum absolute atomic E-state index is 0.0264. The highest BCUT2D eigenvalue weighted by atomic mass is 32.2. The zero-order valence-corrected chi connectivity index (χ0v) is 8.61. The van der Waals surface area contributed by atoms with Gasteiger partial charge in [0.1, 0.15) is 4.90 Å². The summed E-state index contributed by atoms with van der Waals surface area (Å²) in [5.41, 5.74) is 5.52. The summed E-state index contributed by atoms with van der Waals surface area (Å²) in [6, 6.07) is -0.0264. The van der Waals surface area contributed by atoms with Crippen molar-refractivity contribution >= 4 is 10.0 Å². The van der Waals surface area contributed by atoms with Crippen molar-refractivity contribution in [2.75, 3.05) is 13.1 Å². The van der Waals surface area contributed by atoms with Gasteiger partial charge in [0, 0.05) is 32.4 Å². The van der Waals surface area contributed by atoms with Gasteiger partial charge in [0.2, 0.25) is 10.0 Å². The molecule has 0 bridgehead atoms. The molecule has 1 aromatic rings. The molecule has 1 aliphatic heterocycles. The van der Waals surface area contributed by atoms with Gasteiger partial charge in [-0.1, -0.05) is 0 Å². The maximum Gasteiger partial charge on any atom is 0.246 e. The van der Waals surface area contributed by atoms with Crippen LogP contribution in [0.1, 0.15) is 0 Å². The number of nitrogens with zero attached hydrogens (tertiary/aromatic N) is 3. The van der Waals surface area contributed by atoms with Crippen LogP contribution in [0.4, 0.5) is 0 Å². The average Bonchev–Trinajstić information content (AvgIpc) is 2.46. The third kappa shape index (κ3) is 1.43. The van der Waals surface area contributed by atoms with E-state index < -0.39 is 10.0 Å². The minimum atomic E-state index is -3.34. The number of hydrogen-bond donors (Lipinski definition) is 1. The highest BCUT2D eigenvalue weighted by molar-refractivity contribution is 7.89. The number of nitrogens with two attached hydrogens (primary N) is 1. The van der Waals surface area contributed by atoms with E-state index in [1.807, 2.05) is 0 Å². The lowest BCUT2D eigenvalue weighted by molar-refractivity contribution is 0.265. The first-order valence-corrected chi connectivity index (χ1v) is 5.68. The van der Waals surface area contributed by atoms with Gasteiger partial charge in [-0.3, -0.25) is 4.68 Å². The Labute approximate surface area is 82.4 Å². The van der Waals surface area contributed by atoms with Crippen molar-refractivity contribution in [3.63, 3.8) is 0 Å². The lowest BCUT2D eigenvalue weighted by Gasteiger charge is -2.35. The van der Waals surface area contributed by atoms with Gasteiger partial charge in [0.15, 0.2) is 0 Å². The Bertz CT molecular complexity index is 432. The molecular weight excluding hydrogens is 204 g/mol. The predicted octanol–water partition coefficient (Wildman–Crippen LogP) is -1.25. The van der Waals surface area contributed by atoms with Gasteiger partial charge in [-0.25, -0.2) is 8.42 Å². The molecule has 0 amide bonds. The van der Waals surface area contributed by atoms with Crippen LogP contribution in [0.5, 0.6) is 0 Å². The molecule has 0 aliphatic carbocycles. The topological polar surface area (TPSA) is 81.2 Å². The fourth-order valence-electron chi connectivity index (χ4n) is 1.35. The van der Waals surface area contributed by atoms with Gasteiger partial charge in [-0.15, -0.1) is 0 Å². The molecule has 2 heterocycles. The molecule has 0 aromatic carbocycles. The Hall–Kier alpha value is -0.920. The van der Waals surface area contributed by atoms with E-state index in [1.54, 1.807) is 7.05 Å². The van der Waals surface area contributed by atoms with Crippen molar-refractivity contribution in [3.05, 3.63) is 12.4 Å². The van der Waals surface area contributed by atoms with E-state index in [0.29, 0.717) is 13.1 Å². The molecule has 0 atom stereocenters. The number of rotatable bonds is 2. The highest BCUT2D eigenvalue weighted by Crippen LogP contribution is 2.19. The van der Waals surface area contributed by atoms with Crippen molar-refractivity contribution in [2.45, 2.75) is 10.9 Å². The van der Waals surface area contributed by atoms with E-state index in [2.05, 4.69) is 5.10 Å². The van der Waals surface area contributed by atoms with Crippen molar-refractivity contribution in [1.29, 1.82) is 0 Å². The molecule has 0 unspecified atom stereocenters. The van der Waals surface area contributed by atoms with E-state index in [1.165, 1.54) is 21.4 Å². The molecule has 78 valence electrons. The molecule has 14 heavy (non-hydrogen) atoms. The molecule has 0 spiro atoms. The second-order valence-corrected chi connectivity index (χ2v) is 5.37. The summed E-state index contributed by atoms with van der Waals surface area (Å²) in [5, 5.41) is 3.82. The zero-order chi connectivity index (χ0) is 10.3. The number of hydrogen-bond acceptors (Lipinski definition) is 4. The number of aryl methyl sites for hydroxylation is 1. The Morgan fingerprint density at radius 3 is 2.64 bits per heavy atom. The van der Waals surface area contributed by atoms with Crippen LogP contribution in [-0.4, -0.2) is 41.6 Å². The molecule has 7 heteroatoms. The van der Waals surface area contributed by atoms with Gasteiger partial charge >= 0.3 is 0 Å². The van der Waals surface area contributed by atoms with Crippen LogP contribution in [0.3, 0.4) is 0 Å². The molecule has 0 saturated carbocycles. The first-order chi connectivity index (χ1) is 6.50. The molecule has 1 aromatic heterocycles. The first kappa shape index (κ1) is 9.63. The van der Waals surface area contributed by atoms with E-state index in [9.17, 15) is 8.42 Å². The normalized spacial score (nSPS) is 19.6. The van der Waals surface area contributed by atoms with Gasteiger partial charge in [-0.05, 0) is 0 Å². The fourth-order valence-corrected chi connectivity index (χ4v) is 2.89. The van der Waals surface area contributed by atoms with Gasteiger partial charge < -0.3 is 5.73 Å². The van der Waals surface area contributed by atoms with Crippen LogP contribution in [0.25, 0.3) is 0 Å². The monoisotopic (exact) mass is 216 g/mol. The molecule has 2 rings (SSSR count). The van der Waals surface area contributed by atoms with Crippen LogP contribution in [0, 0.1) is 0 Å². The summed E-state index contributed by atoms with van der Waals surface area (Å²) in [5.74, 6) is 0. The van der Waals surface area contributed by atoms with E-state index in [4.69, 9.17) is 5.73 Å². The summed E-state index contributed by atoms with van der Waals surface area (Å²) < 4.78 is 26.4. The van der Waals surface area contributed by atoms with Crippen molar-refractivity contribution in [2.24, 2.45) is 12.8 Å². The number of sulfonamides is 1. The van der Waals surface area contributed by atoms with Crippen LogP contribution in [0.15, 0.2) is 17.3 Å². The lowest BCUT2D eigenvalue weighted by atomic mass is 10.2. The molecule has 2 N–H and O–H groups in total. The lowest BCUT2D eigenvalue weighted by Crippen LogP contribution is -2.57. The summed E-state index contributed by atoms with van der Waals surface area (Å²) in [6.45, 7) is 0.800. The number of aromatic nitrogens is 2. The van der Waals surface area contributed by atoms with Gasteiger partial charge in [0.05, 0.1) is 6.20 Å². The third-order valence-electron chi connectivity index (χ3n) is 2.20. The summed E-state index contributed by atoms with van der Waals surface area (Å²) in [6.07, 6.45) is 2.83. The maximum atomic E-state index is 11.8. The van der Waals surface area contributed by atoms with E-state index in [0.717, 1.165) is 0 Å². The summed E-state index contributed by atoms with van der Waals surface area (Å²) in [4.78, 5) is 0.229. The van der Waals surface area contributed by atoms with Crippen LogP contribution in [-0.2, 0) is 17.1 Å². The van der Waals surface area contributed by atoms with Crippen molar-refractivity contribution < 1.29 is 8.42 Å². The molecule has 1 saturated heterocycles. The third-order valence-corrected chi connectivity index (χ3v) is 3.98. The van der Waals surface area contributed by atoms with Gasteiger partial charge in [-0.2, -0.15) is 9.40 Å². The zero-order valence-electron chi connectivity index (χ0n) is 7.79. The molecule has 1 fully saturated rings. The van der Waals surface area contributed by atoms with Crippen molar-refractivity contribution in [3.8, 4) is 0 Å². The first-order valence-electron chi connectivity index (χ1n) is 4.24. The Balaban J connectivity index is 2.25. The van der Waals surface area contributed by atoms with Gasteiger partial charge in [0.25, 0.3) is 0 Å². The Kier molecular flexibility index (Phi) is 2.09. The SMILES string of the molecule is Cn1cc(S(=O)(=O)N2CC(N)C2)cn1. The van der Waals surface area contributed by atoms with Crippen LogP contribution in [0.2, 0.25) is 0 Å².